The van der Waals surface area contributed by atoms with Crippen LogP contribution in [0.15, 0.2) is 66.7 Å². The molecule has 2 unspecified atom stereocenters. The zero-order valence-electron chi connectivity index (χ0n) is 19.5. The standard InChI is InChI=1S/C26H25FN2O5S/c1-32-21-13-17(14-22(33-2)23(21)34-3)25(31)29-20(15-35-26(29)16-9-5-4-6-10-16)24(30)28-19-12-8-7-11-18(19)27/h4-14,20,26H,15H2,1-3H3,(H,28,30). The number of ether oxygens (including phenoxy) is 3. The summed E-state index contributed by atoms with van der Waals surface area (Å²) in [6.07, 6.45) is 0. The maximum absolute atomic E-state index is 14.2. The van der Waals surface area contributed by atoms with Crippen molar-refractivity contribution in [2.75, 3.05) is 32.4 Å². The van der Waals surface area contributed by atoms with E-state index in [1.165, 1.54) is 50.1 Å². The molecular weight excluding hydrogens is 471 g/mol. The van der Waals surface area contributed by atoms with E-state index in [4.69, 9.17) is 14.2 Å². The molecule has 1 aliphatic rings. The van der Waals surface area contributed by atoms with E-state index in [0.29, 0.717) is 23.0 Å². The van der Waals surface area contributed by atoms with Crippen LogP contribution >= 0.6 is 11.8 Å². The van der Waals surface area contributed by atoms with E-state index in [-0.39, 0.29) is 11.3 Å². The predicted octanol–water partition coefficient (Wildman–Crippen LogP) is 4.75. The lowest BCUT2D eigenvalue weighted by Gasteiger charge is -2.29. The first-order valence-corrected chi connectivity index (χ1v) is 11.9. The second-order valence-corrected chi connectivity index (χ2v) is 8.82. The number of carbonyl (C=O) groups excluding carboxylic acids is 2. The summed E-state index contributed by atoms with van der Waals surface area (Å²) in [7, 11) is 4.41. The van der Waals surface area contributed by atoms with E-state index in [9.17, 15) is 14.0 Å². The van der Waals surface area contributed by atoms with Crippen molar-refractivity contribution in [1.82, 2.24) is 4.90 Å². The molecule has 0 saturated carbocycles. The Kier molecular flexibility index (Phi) is 7.45. The molecule has 2 atom stereocenters. The number of hydrogen-bond acceptors (Lipinski definition) is 6. The fraction of sp³-hybridized carbons (Fsp3) is 0.231. The average molecular weight is 497 g/mol. The number of carbonyl (C=O) groups is 2. The Morgan fingerprint density at radius 3 is 2.17 bits per heavy atom. The average Bonchev–Trinajstić information content (AvgIpc) is 3.34. The first kappa shape index (κ1) is 24.4. The molecule has 2 amide bonds. The topological polar surface area (TPSA) is 77.1 Å². The Labute approximate surface area is 207 Å². The van der Waals surface area contributed by atoms with Crippen molar-refractivity contribution in [2.24, 2.45) is 0 Å². The third kappa shape index (κ3) is 4.90. The van der Waals surface area contributed by atoms with E-state index >= 15 is 0 Å². The van der Waals surface area contributed by atoms with E-state index in [1.54, 1.807) is 24.3 Å². The number of hydrogen-bond donors (Lipinski definition) is 1. The summed E-state index contributed by atoms with van der Waals surface area (Å²) < 4.78 is 30.4. The molecule has 3 aromatic rings. The van der Waals surface area contributed by atoms with Gasteiger partial charge in [-0.2, -0.15) is 0 Å². The van der Waals surface area contributed by atoms with Crippen LogP contribution in [0.4, 0.5) is 10.1 Å². The predicted molar refractivity (Wildman–Crippen MR) is 133 cm³/mol. The summed E-state index contributed by atoms with van der Waals surface area (Å²) in [5.74, 6) is -0.0601. The zero-order valence-corrected chi connectivity index (χ0v) is 20.3. The molecule has 0 aliphatic carbocycles. The molecule has 1 heterocycles. The fourth-order valence-corrected chi connectivity index (χ4v) is 5.39. The number of para-hydroxylation sites is 1. The number of rotatable bonds is 7. The first-order chi connectivity index (χ1) is 17.0. The van der Waals surface area contributed by atoms with Gasteiger partial charge in [-0.25, -0.2) is 4.39 Å². The summed E-state index contributed by atoms with van der Waals surface area (Å²) in [6.45, 7) is 0. The van der Waals surface area contributed by atoms with Crippen LogP contribution in [0.25, 0.3) is 0 Å². The number of benzene rings is 3. The summed E-state index contributed by atoms with van der Waals surface area (Å²) in [4.78, 5) is 28.7. The van der Waals surface area contributed by atoms with Gasteiger partial charge in [-0.05, 0) is 29.8 Å². The van der Waals surface area contributed by atoms with E-state index in [2.05, 4.69) is 5.32 Å². The number of halogens is 1. The van der Waals surface area contributed by atoms with Crippen LogP contribution in [-0.4, -0.2) is 49.8 Å². The third-order valence-electron chi connectivity index (χ3n) is 5.67. The van der Waals surface area contributed by atoms with Gasteiger partial charge in [0.2, 0.25) is 11.7 Å². The molecule has 35 heavy (non-hydrogen) atoms. The fourth-order valence-electron chi connectivity index (χ4n) is 3.96. The smallest absolute Gasteiger partial charge is 0.256 e. The number of anilines is 1. The van der Waals surface area contributed by atoms with Crippen molar-refractivity contribution in [3.63, 3.8) is 0 Å². The highest BCUT2D eigenvalue weighted by Gasteiger charge is 2.43. The van der Waals surface area contributed by atoms with Gasteiger partial charge >= 0.3 is 0 Å². The second-order valence-electron chi connectivity index (χ2n) is 7.71. The SMILES string of the molecule is COc1cc(C(=O)N2C(C(=O)Nc3ccccc3F)CSC2c2ccccc2)cc(OC)c1OC. The van der Waals surface area contributed by atoms with Crippen molar-refractivity contribution in [2.45, 2.75) is 11.4 Å². The summed E-state index contributed by atoms with van der Waals surface area (Å²) >= 11 is 1.47. The lowest BCUT2D eigenvalue weighted by Crippen LogP contribution is -2.45. The van der Waals surface area contributed by atoms with Crippen LogP contribution in [0.5, 0.6) is 17.2 Å². The molecule has 0 aromatic heterocycles. The molecule has 9 heteroatoms. The van der Waals surface area contributed by atoms with Crippen molar-refractivity contribution < 1.29 is 28.2 Å². The molecule has 1 N–H and O–H groups in total. The van der Waals surface area contributed by atoms with E-state index < -0.39 is 29.0 Å². The van der Waals surface area contributed by atoms with Crippen molar-refractivity contribution in [3.8, 4) is 17.2 Å². The minimum absolute atomic E-state index is 0.0610. The molecule has 0 bridgehead atoms. The zero-order chi connectivity index (χ0) is 24.9. The van der Waals surface area contributed by atoms with Gasteiger partial charge in [0.1, 0.15) is 17.2 Å². The Morgan fingerprint density at radius 2 is 1.57 bits per heavy atom. The Hall–Kier alpha value is -3.72. The summed E-state index contributed by atoms with van der Waals surface area (Å²) in [5, 5.41) is 2.22. The quantitative estimate of drug-likeness (QED) is 0.509. The Balaban J connectivity index is 1.73. The van der Waals surface area contributed by atoms with E-state index in [0.717, 1.165) is 5.56 Å². The number of thioether (sulfide) groups is 1. The van der Waals surface area contributed by atoms with Crippen LogP contribution in [0.3, 0.4) is 0 Å². The summed E-state index contributed by atoms with van der Waals surface area (Å²) in [5.41, 5.74) is 1.21. The summed E-state index contributed by atoms with van der Waals surface area (Å²) in [6, 6.07) is 17.7. The number of amides is 2. The molecule has 4 rings (SSSR count). The molecule has 7 nitrogen and oxygen atoms in total. The van der Waals surface area contributed by atoms with Gasteiger partial charge in [0.05, 0.1) is 27.0 Å². The maximum Gasteiger partial charge on any atom is 0.256 e. The number of nitrogens with one attached hydrogen (secondary N) is 1. The number of nitrogens with zero attached hydrogens (tertiary/aromatic N) is 1. The van der Waals surface area contributed by atoms with Gasteiger partial charge in [0, 0.05) is 11.3 Å². The normalized spacial score (nSPS) is 17.1. The third-order valence-corrected chi connectivity index (χ3v) is 6.99. The minimum atomic E-state index is -0.837. The Bertz CT molecular complexity index is 1200. The molecule has 182 valence electrons. The van der Waals surface area contributed by atoms with Gasteiger partial charge in [-0.15, -0.1) is 11.8 Å². The molecule has 1 saturated heterocycles. The van der Waals surface area contributed by atoms with Crippen LogP contribution < -0.4 is 19.5 Å². The van der Waals surface area contributed by atoms with E-state index in [1.807, 2.05) is 30.3 Å². The lowest BCUT2D eigenvalue weighted by molar-refractivity contribution is -0.119. The van der Waals surface area contributed by atoms with Gasteiger partial charge < -0.3 is 24.4 Å². The van der Waals surface area contributed by atoms with Crippen molar-refractivity contribution >= 4 is 29.3 Å². The van der Waals surface area contributed by atoms with Crippen LogP contribution in [0.2, 0.25) is 0 Å². The molecule has 3 aromatic carbocycles. The largest absolute Gasteiger partial charge is 0.493 e. The highest BCUT2D eigenvalue weighted by atomic mass is 32.2. The van der Waals surface area contributed by atoms with Crippen LogP contribution in [0.1, 0.15) is 21.3 Å². The van der Waals surface area contributed by atoms with Gasteiger partial charge in [-0.1, -0.05) is 42.5 Å². The van der Waals surface area contributed by atoms with Crippen LogP contribution in [-0.2, 0) is 4.79 Å². The molecule has 0 radical (unpaired) electrons. The second kappa shape index (κ2) is 10.7. The Morgan fingerprint density at radius 1 is 0.943 bits per heavy atom. The van der Waals surface area contributed by atoms with Gasteiger partial charge in [0.15, 0.2) is 11.5 Å². The first-order valence-electron chi connectivity index (χ1n) is 10.8. The van der Waals surface area contributed by atoms with Gasteiger partial charge in [0.25, 0.3) is 5.91 Å². The van der Waals surface area contributed by atoms with Crippen molar-refractivity contribution in [1.29, 1.82) is 0 Å². The highest BCUT2D eigenvalue weighted by Crippen LogP contribution is 2.44. The molecule has 0 spiro atoms. The number of methoxy groups -OCH3 is 3. The highest BCUT2D eigenvalue weighted by molar-refractivity contribution is 7.99. The van der Waals surface area contributed by atoms with Crippen molar-refractivity contribution in [3.05, 3.63) is 83.7 Å². The monoisotopic (exact) mass is 496 g/mol. The maximum atomic E-state index is 14.2. The lowest BCUT2D eigenvalue weighted by atomic mass is 10.1. The molecular formula is C26H25FN2O5S. The minimum Gasteiger partial charge on any atom is -0.493 e. The molecule has 1 fully saturated rings. The van der Waals surface area contributed by atoms with Crippen LogP contribution in [0, 0.1) is 5.82 Å². The van der Waals surface area contributed by atoms with Gasteiger partial charge in [-0.3, -0.25) is 9.59 Å². The molecule has 1 aliphatic heterocycles.